The number of para-hydroxylation sites is 1. The molecular formula is C26H26ClN3O. The van der Waals surface area contributed by atoms with Crippen molar-refractivity contribution in [1.29, 1.82) is 0 Å². The van der Waals surface area contributed by atoms with Gasteiger partial charge >= 0.3 is 0 Å². The maximum absolute atomic E-state index is 12.9. The summed E-state index contributed by atoms with van der Waals surface area (Å²) >= 11 is 6.13. The summed E-state index contributed by atoms with van der Waals surface area (Å²) in [7, 11) is 0. The van der Waals surface area contributed by atoms with Gasteiger partial charge in [-0.15, -0.1) is 0 Å². The van der Waals surface area contributed by atoms with E-state index in [1.807, 2.05) is 42.5 Å². The van der Waals surface area contributed by atoms with Gasteiger partial charge in [0.2, 0.25) is 5.91 Å². The lowest BCUT2D eigenvalue weighted by Crippen LogP contribution is -2.27. The fourth-order valence-electron chi connectivity index (χ4n) is 4.05. The molecule has 158 valence electrons. The second-order valence-electron chi connectivity index (χ2n) is 7.62. The molecule has 0 saturated heterocycles. The number of aromatic nitrogens is 2. The van der Waals surface area contributed by atoms with Gasteiger partial charge in [-0.05, 0) is 48.4 Å². The number of benzene rings is 2. The van der Waals surface area contributed by atoms with E-state index in [9.17, 15) is 4.79 Å². The average molecular weight is 432 g/mol. The zero-order valence-corrected chi connectivity index (χ0v) is 18.3. The number of rotatable bonds is 8. The smallest absolute Gasteiger partial charge is 0.220 e. The van der Waals surface area contributed by atoms with Crippen LogP contribution >= 0.6 is 11.6 Å². The Morgan fingerprint density at radius 1 is 1.06 bits per heavy atom. The molecule has 1 N–H and O–H groups in total. The van der Waals surface area contributed by atoms with E-state index in [4.69, 9.17) is 11.6 Å². The van der Waals surface area contributed by atoms with Crippen molar-refractivity contribution in [2.75, 3.05) is 6.54 Å². The molecule has 4 nitrogen and oxygen atoms in total. The third kappa shape index (κ3) is 4.97. The fraction of sp³-hybridized carbons (Fsp3) is 0.231. The van der Waals surface area contributed by atoms with Crippen LogP contribution in [-0.4, -0.2) is 22.0 Å². The Hall–Kier alpha value is -3.11. The second kappa shape index (κ2) is 9.80. The summed E-state index contributed by atoms with van der Waals surface area (Å²) in [5.74, 6) is -0.0194. The van der Waals surface area contributed by atoms with Crippen LogP contribution in [0.15, 0.2) is 79.1 Å². The molecule has 0 bridgehead atoms. The summed E-state index contributed by atoms with van der Waals surface area (Å²) in [6, 6.07) is 22.0. The van der Waals surface area contributed by atoms with Crippen LogP contribution in [0.2, 0.25) is 5.02 Å². The fourth-order valence-corrected chi connectivity index (χ4v) is 4.18. The highest BCUT2D eigenvalue weighted by molar-refractivity contribution is 6.30. The van der Waals surface area contributed by atoms with Crippen molar-refractivity contribution >= 4 is 28.4 Å². The first-order chi connectivity index (χ1) is 15.2. The lowest BCUT2D eigenvalue weighted by molar-refractivity contribution is -0.121. The van der Waals surface area contributed by atoms with Crippen LogP contribution in [0.4, 0.5) is 0 Å². The summed E-state index contributed by atoms with van der Waals surface area (Å²) in [6.45, 7) is 3.59. The van der Waals surface area contributed by atoms with E-state index in [1.54, 1.807) is 6.20 Å². The van der Waals surface area contributed by atoms with Crippen molar-refractivity contribution in [1.82, 2.24) is 14.9 Å². The minimum absolute atomic E-state index is 0.0317. The van der Waals surface area contributed by atoms with Crippen LogP contribution in [0.25, 0.3) is 10.9 Å². The molecule has 5 heteroatoms. The monoisotopic (exact) mass is 431 g/mol. The standard InChI is InChI=1S/C26H26ClN3O/c1-2-30-18-24(22-8-3-4-9-25(22)30)23(19-10-12-20(27)13-11-19)17-26(31)29-16-14-21-7-5-6-15-28-21/h3-13,15,18,23H,2,14,16-17H2,1H3,(H,29,31). The first-order valence-corrected chi connectivity index (χ1v) is 11.0. The summed E-state index contributed by atoms with van der Waals surface area (Å²) in [4.78, 5) is 17.2. The van der Waals surface area contributed by atoms with E-state index in [0.717, 1.165) is 17.8 Å². The van der Waals surface area contributed by atoms with Crippen molar-refractivity contribution in [3.05, 3.63) is 101 Å². The van der Waals surface area contributed by atoms with Gasteiger partial charge in [-0.25, -0.2) is 0 Å². The number of aryl methyl sites for hydroxylation is 1. The number of hydrogen-bond donors (Lipinski definition) is 1. The molecule has 0 fully saturated rings. The van der Waals surface area contributed by atoms with Crippen molar-refractivity contribution in [2.24, 2.45) is 0 Å². The number of carbonyl (C=O) groups is 1. The van der Waals surface area contributed by atoms with E-state index >= 15 is 0 Å². The molecule has 4 aromatic rings. The first-order valence-electron chi connectivity index (χ1n) is 10.7. The molecule has 2 aromatic carbocycles. The van der Waals surface area contributed by atoms with Gasteiger partial charge in [0.05, 0.1) is 0 Å². The van der Waals surface area contributed by atoms with Gasteiger partial charge in [-0.1, -0.05) is 48.0 Å². The first kappa shape index (κ1) is 21.1. The lowest BCUT2D eigenvalue weighted by atomic mass is 9.88. The predicted octanol–water partition coefficient (Wildman–Crippen LogP) is 5.59. The quantitative estimate of drug-likeness (QED) is 0.395. The van der Waals surface area contributed by atoms with Gasteiger partial charge < -0.3 is 9.88 Å². The minimum atomic E-state index is -0.0511. The van der Waals surface area contributed by atoms with Crippen molar-refractivity contribution < 1.29 is 4.79 Å². The average Bonchev–Trinajstić information content (AvgIpc) is 3.17. The number of amides is 1. The molecular weight excluding hydrogens is 406 g/mol. The highest BCUT2D eigenvalue weighted by atomic mass is 35.5. The van der Waals surface area contributed by atoms with Crippen LogP contribution in [0.5, 0.6) is 0 Å². The Morgan fingerprint density at radius 3 is 2.58 bits per heavy atom. The van der Waals surface area contributed by atoms with Gasteiger partial charge in [0.1, 0.15) is 0 Å². The van der Waals surface area contributed by atoms with Gasteiger partial charge in [0.25, 0.3) is 0 Å². The third-order valence-corrected chi connectivity index (χ3v) is 5.88. The molecule has 0 aliphatic carbocycles. The Bertz CT molecular complexity index is 1150. The summed E-state index contributed by atoms with van der Waals surface area (Å²) in [6.07, 6.45) is 5.05. The number of nitrogens with one attached hydrogen (secondary N) is 1. The molecule has 1 unspecified atom stereocenters. The van der Waals surface area contributed by atoms with E-state index in [0.29, 0.717) is 24.4 Å². The maximum atomic E-state index is 12.9. The van der Waals surface area contributed by atoms with E-state index in [1.165, 1.54) is 16.5 Å². The maximum Gasteiger partial charge on any atom is 0.220 e. The number of fused-ring (bicyclic) bond motifs is 1. The highest BCUT2D eigenvalue weighted by Crippen LogP contribution is 2.35. The number of halogens is 1. The number of hydrogen-bond acceptors (Lipinski definition) is 2. The molecule has 31 heavy (non-hydrogen) atoms. The van der Waals surface area contributed by atoms with Crippen LogP contribution in [0, 0.1) is 0 Å². The third-order valence-electron chi connectivity index (χ3n) is 5.63. The topological polar surface area (TPSA) is 46.9 Å². The molecule has 0 aliphatic heterocycles. The van der Waals surface area contributed by atoms with Gasteiger partial charge in [0.15, 0.2) is 0 Å². The van der Waals surface area contributed by atoms with Gasteiger partial charge in [-0.2, -0.15) is 0 Å². The minimum Gasteiger partial charge on any atom is -0.356 e. The number of nitrogens with zero attached hydrogens (tertiary/aromatic N) is 2. The van der Waals surface area contributed by atoms with E-state index in [-0.39, 0.29) is 11.8 Å². The van der Waals surface area contributed by atoms with Gasteiger partial charge in [0, 0.05) is 65.9 Å². The molecule has 0 radical (unpaired) electrons. The largest absolute Gasteiger partial charge is 0.356 e. The summed E-state index contributed by atoms with van der Waals surface area (Å²) < 4.78 is 2.24. The number of carbonyl (C=O) groups excluding carboxylic acids is 1. The summed E-state index contributed by atoms with van der Waals surface area (Å²) in [5.41, 5.74) is 4.42. The van der Waals surface area contributed by atoms with Crippen molar-refractivity contribution in [3.8, 4) is 0 Å². The molecule has 0 saturated carbocycles. The predicted molar refractivity (Wildman–Crippen MR) is 126 cm³/mol. The van der Waals surface area contributed by atoms with Crippen LogP contribution in [-0.2, 0) is 17.8 Å². The molecule has 2 heterocycles. The van der Waals surface area contributed by atoms with Crippen molar-refractivity contribution in [3.63, 3.8) is 0 Å². The van der Waals surface area contributed by atoms with Crippen molar-refractivity contribution in [2.45, 2.75) is 32.2 Å². The molecule has 0 spiro atoms. The molecule has 2 aromatic heterocycles. The van der Waals surface area contributed by atoms with Crippen LogP contribution < -0.4 is 5.32 Å². The summed E-state index contributed by atoms with van der Waals surface area (Å²) in [5, 5.41) is 4.95. The lowest BCUT2D eigenvalue weighted by Gasteiger charge is -2.17. The second-order valence-corrected chi connectivity index (χ2v) is 8.05. The number of pyridine rings is 1. The van der Waals surface area contributed by atoms with Gasteiger partial charge in [-0.3, -0.25) is 9.78 Å². The Morgan fingerprint density at radius 2 is 1.84 bits per heavy atom. The SMILES string of the molecule is CCn1cc(C(CC(=O)NCCc2ccccn2)c2ccc(Cl)cc2)c2ccccc21. The van der Waals surface area contributed by atoms with E-state index < -0.39 is 0 Å². The Labute approximate surface area is 187 Å². The normalized spacial score (nSPS) is 12.1. The molecule has 0 aliphatic rings. The Kier molecular flexibility index (Phi) is 6.68. The highest BCUT2D eigenvalue weighted by Gasteiger charge is 2.22. The Balaban J connectivity index is 1.58. The molecule has 4 rings (SSSR count). The van der Waals surface area contributed by atoms with Crippen LogP contribution in [0.1, 0.15) is 36.1 Å². The van der Waals surface area contributed by atoms with E-state index in [2.05, 4.69) is 52.3 Å². The van der Waals surface area contributed by atoms with Crippen LogP contribution in [0.3, 0.4) is 0 Å². The molecule has 1 amide bonds. The molecule has 1 atom stereocenters. The zero-order chi connectivity index (χ0) is 21.6. The zero-order valence-electron chi connectivity index (χ0n) is 17.6.